The molecule has 0 aliphatic carbocycles. The van der Waals surface area contributed by atoms with Crippen molar-refractivity contribution >= 4 is 21.8 Å². The Balaban J connectivity index is 2.77. The highest BCUT2D eigenvalue weighted by Crippen LogP contribution is 2.10. The van der Waals surface area contributed by atoms with E-state index in [1.807, 2.05) is 24.3 Å². The standard InChI is InChI=1S/C10H13BrN2/c1-2-7-13-10(12)8-3-5-9(11)6-4-8/h3-6H,2,7H2,1H3,(H2,12,13). The van der Waals surface area contributed by atoms with Gasteiger partial charge >= 0.3 is 0 Å². The summed E-state index contributed by atoms with van der Waals surface area (Å²) in [5, 5.41) is 0. The molecule has 0 aromatic heterocycles. The zero-order chi connectivity index (χ0) is 9.68. The first kappa shape index (κ1) is 10.3. The fourth-order valence-electron chi connectivity index (χ4n) is 0.944. The molecule has 0 saturated heterocycles. The molecule has 0 fully saturated rings. The van der Waals surface area contributed by atoms with Gasteiger partial charge in [-0.1, -0.05) is 35.0 Å². The van der Waals surface area contributed by atoms with E-state index in [1.54, 1.807) is 0 Å². The van der Waals surface area contributed by atoms with Gasteiger partial charge in [0, 0.05) is 16.6 Å². The number of hydrogen-bond acceptors (Lipinski definition) is 1. The molecule has 0 radical (unpaired) electrons. The number of nitrogens with two attached hydrogens (primary N) is 1. The van der Waals surface area contributed by atoms with Crippen LogP contribution in [0.1, 0.15) is 18.9 Å². The Morgan fingerprint density at radius 1 is 1.38 bits per heavy atom. The summed E-state index contributed by atoms with van der Waals surface area (Å²) in [7, 11) is 0. The lowest BCUT2D eigenvalue weighted by Gasteiger charge is -2.00. The quantitative estimate of drug-likeness (QED) is 0.641. The Morgan fingerprint density at radius 2 is 2.00 bits per heavy atom. The van der Waals surface area contributed by atoms with Crippen LogP contribution < -0.4 is 5.73 Å². The van der Waals surface area contributed by atoms with Gasteiger partial charge in [-0.3, -0.25) is 4.99 Å². The molecule has 0 aliphatic heterocycles. The molecule has 70 valence electrons. The van der Waals surface area contributed by atoms with E-state index in [9.17, 15) is 0 Å². The molecular formula is C10H13BrN2. The number of aliphatic imine (C=N–C) groups is 1. The molecule has 0 heterocycles. The second-order valence-corrected chi connectivity index (χ2v) is 3.69. The third-order valence-corrected chi connectivity index (χ3v) is 2.17. The Kier molecular flexibility index (Phi) is 3.96. The minimum atomic E-state index is 0.620. The Morgan fingerprint density at radius 3 is 2.54 bits per heavy atom. The molecule has 0 saturated carbocycles. The third-order valence-electron chi connectivity index (χ3n) is 1.65. The predicted octanol–water partition coefficient (Wildman–Crippen LogP) is 2.56. The lowest BCUT2D eigenvalue weighted by Crippen LogP contribution is -2.13. The molecule has 3 heteroatoms. The van der Waals surface area contributed by atoms with Crippen LogP contribution in [0.5, 0.6) is 0 Å². The number of benzene rings is 1. The second-order valence-electron chi connectivity index (χ2n) is 2.77. The minimum absolute atomic E-state index is 0.620. The molecule has 1 aromatic carbocycles. The maximum atomic E-state index is 5.77. The second kappa shape index (κ2) is 5.02. The van der Waals surface area contributed by atoms with E-state index in [2.05, 4.69) is 27.8 Å². The zero-order valence-electron chi connectivity index (χ0n) is 7.63. The van der Waals surface area contributed by atoms with Crippen molar-refractivity contribution in [3.63, 3.8) is 0 Å². The Bertz CT molecular complexity index is 290. The van der Waals surface area contributed by atoms with E-state index in [1.165, 1.54) is 0 Å². The van der Waals surface area contributed by atoms with E-state index in [0.29, 0.717) is 5.84 Å². The lowest BCUT2D eigenvalue weighted by atomic mass is 10.2. The molecule has 0 amide bonds. The van der Waals surface area contributed by atoms with Crippen LogP contribution in [-0.4, -0.2) is 12.4 Å². The van der Waals surface area contributed by atoms with Crippen molar-refractivity contribution in [3.05, 3.63) is 34.3 Å². The van der Waals surface area contributed by atoms with Gasteiger partial charge in [0.1, 0.15) is 5.84 Å². The van der Waals surface area contributed by atoms with Crippen LogP contribution in [0.4, 0.5) is 0 Å². The summed E-state index contributed by atoms with van der Waals surface area (Å²) in [6, 6.07) is 7.84. The van der Waals surface area contributed by atoms with Gasteiger partial charge in [-0.2, -0.15) is 0 Å². The smallest absolute Gasteiger partial charge is 0.125 e. The maximum Gasteiger partial charge on any atom is 0.125 e. The van der Waals surface area contributed by atoms with Crippen LogP contribution in [0, 0.1) is 0 Å². The molecule has 0 atom stereocenters. The number of amidine groups is 1. The fourth-order valence-corrected chi connectivity index (χ4v) is 1.21. The summed E-state index contributed by atoms with van der Waals surface area (Å²) >= 11 is 3.37. The van der Waals surface area contributed by atoms with E-state index >= 15 is 0 Å². The highest BCUT2D eigenvalue weighted by atomic mass is 79.9. The molecular weight excluding hydrogens is 228 g/mol. The summed E-state index contributed by atoms with van der Waals surface area (Å²) in [6.45, 7) is 2.88. The van der Waals surface area contributed by atoms with E-state index in [-0.39, 0.29) is 0 Å². The average molecular weight is 241 g/mol. The average Bonchev–Trinajstić information content (AvgIpc) is 2.15. The molecule has 0 bridgehead atoms. The van der Waals surface area contributed by atoms with Crippen LogP contribution in [0.2, 0.25) is 0 Å². The largest absolute Gasteiger partial charge is 0.384 e. The number of hydrogen-bond donors (Lipinski definition) is 1. The number of nitrogens with zero attached hydrogens (tertiary/aromatic N) is 1. The van der Waals surface area contributed by atoms with Gasteiger partial charge in [0.25, 0.3) is 0 Å². The van der Waals surface area contributed by atoms with Gasteiger partial charge < -0.3 is 5.73 Å². The van der Waals surface area contributed by atoms with Gasteiger partial charge in [0.2, 0.25) is 0 Å². The molecule has 1 rings (SSSR count). The first-order valence-corrected chi connectivity index (χ1v) is 5.09. The summed E-state index contributed by atoms with van der Waals surface area (Å²) in [6.07, 6.45) is 1.03. The molecule has 2 nitrogen and oxygen atoms in total. The Hall–Kier alpha value is -0.830. The van der Waals surface area contributed by atoms with Crippen molar-refractivity contribution < 1.29 is 0 Å². The number of halogens is 1. The summed E-state index contributed by atoms with van der Waals surface area (Å²) in [4.78, 5) is 4.22. The topological polar surface area (TPSA) is 38.4 Å². The van der Waals surface area contributed by atoms with E-state index in [4.69, 9.17) is 5.73 Å². The van der Waals surface area contributed by atoms with Gasteiger partial charge in [-0.05, 0) is 18.6 Å². The monoisotopic (exact) mass is 240 g/mol. The molecule has 0 unspecified atom stereocenters. The van der Waals surface area contributed by atoms with Gasteiger partial charge in [-0.25, -0.2) is 0 Å². The third kappa shape index (κ3) is 3.19. The highest BCUT2D eigenvalue weighted by Gasteiger charge is 1.96. The molecule has 13 heavy (non-hydrogen) atoms. The molecule has 0 spiro atoms. The Labute approximate surface area is 87.0 Å². The summed E-state index contributed by atoms with van der Waals surface area (Å²) in [5.41, 5.74) is 6.75. The lowest BCUT2D eigenvalue weighted by molar-refractivity contribution is 0.930. The predicted molar refractivity (Wildman–Crippen MR) is 60.0 cm³/mol. The van der Waals surface area contributed by atoms with Crippen LogP contribution in [0.25, 0.3) is 0 Å². The van der Waals surface area contributed by atoms with Gasteiger partial charge in [0.15, 0.2) is 0 Å². The van der Waals surface area contributed by atoms with Crippen molar-refractivity contribution in [2.75, 3.05) is 6.54 Å². The van der Waals surface area contributed by atoms with Crippen LogP contribution >= 0.6 is 15.9 Å². The van der Waals surface area contributed by atoms with Gasteiger partial charge in [0.05, 0.1) is 0 Å². The first-order valence-electron chi connectivity index (χ1n) is 4.30. The fraction of sp³-hybridized carbons (Fsp3) is 0.300. The van der Waals surface area contributed by atoms with Crippen molar-refractivity contribution in [3.8, 4) is 0 Å². The first-order chi connectivity index (χ1) is 6.24. The maximum absolute atomic E-state index is 5.77. The number of rotatable bonds is 3. The van der Waals surface area contributed by atoms with E-state index < -0.39 is 0 Å². The van der Waals surface area contributed by atoms with Crippen molar-refractivity contribution in [2.45, 2.75) is 13.3 Å². The molecule has 0 aliphatic rings. The zero-order valence-corrected chi connectivity index (χ0v) is 9.21. The van der Waals surface area contributed by atoms with E-state index in [0.717, 1.165) is 23.0 Å². The minimum Gasteiger partial charge on any atom is -0.384 e. The van der Waals surface area contributed by atoms with Crippen molar-refractivity contribution in [2.24, 2.45) is 10.7 Å². The van der Waals surface area contributed by atoms with Crippen molar-refractivity contribution in [1.29, 1.82) is 0 Å². The van der Waals surface area contributed by atoms with Gasteiger partial charge in [-0.15, -0.1) is 0 Å². The van der Waals surface area contributed by atoms with Crippen LogP contribution in [-0.2, 0) is 0 Å². The molecule has 2 N–H and O–H groups in total. The highest BCUT2D eigenvalue weighted by molar-refractivity contribution is 9.10. The van der Waals surface area contributed by atoms with Crippen molar-refractivity contribution in [1.82, 2.24) is 0 Å². The normalized spacial score (nSPS) is 11.7. The van der Waals surface area contributed by atoms with Crippen LogP contribution in [0.3, 0.4) is 0 Å². The van der Waals surface area contributed by atoms with Crippen LogP contribution in [0.15, 0.2) is 33.7 Å². The summed E-state index contributed by atoms with van der Waals surface area (Å²) in [5.74, 6) is 0.620. The molecule has 1 aromatic rings. The summed E-state index contributed by atoms with van der Waals surface area (Å²) < 4.78 is 1.06. The SMILES string of the molecule is CCCN=C(N)c1ccc(Br)cc1.